The van der Waals surface area contributed by atoms with Gasteiger partial charge < -0.3 is 10.2 Å². The first-order chi connectivity index (χ1) is 25.8. The molecule has 0 unspecified atom stereocenters. The van der Waals surface area contributed by atoms with Crippen LogP contribution < -0.4 is 10.2 Å². The van der Waals surface area contributed by atoms with Gasteiger partial charge in [0.1, 0.15) is 0 Å². The van der Waals surface area contributed by atoms with E-state index in [4.69, 9.17) is 0 Å². The Labute approximate surface area is 351 Å². The second-order valence-corrected chi connectivity index (χ2v) is 15.4. The summed E-state index contributed by atoms with van der Waals surface area (Å²) in [7, 11) is 0. The van der Waals surface area contributed by atoms with Crippen molar-refractivity contribution in [3.05, 3.63) is 155 Å². The van der Waals surface area contributed by atoms with Gasteiger partial charge in [-0.3, -0.25) is 24.0 Å². The summed E-state index contributed by atoms with van der Waals surface area (Å²) in [6.45, 7) is 26.3. The third kappa shape index (κ3) is 31.5. The van der Waals surface area contributed by atoms with Gasteiger partial charge in [-0.2, -0.15) is 0 Å². The van der Waals surface area contributed by atoms with Crippen LogP contribution in [0.5, 0.6) is 0 Å². The lowest BCUT2D eigenvalue weighted by atomic mass is 9.83. The van der Waals surface area contributed by atoms with Gasteiger partial charge in [0, 0.05) is 11.0 Å². The summed E-state index contributed by atoms with van der Waals surface area (Å²) in [5.74, 6) is -0.522. The maximum absolute atomic E-state index is 11.8. The minimum absolute atomic E-state index is 0. The molecule has 3 aromatic rings. The monoisotopic (exact) mass is 795 g/mol. The number of ketones is 5. The van der Waals surface area contributed by atoms with Gasteiger partial charge in [-0.05, 0) is 102 Å². The molecule has 0 aliphatic heterocycles. The van der Waals surface area contributed by atoms with E-state index in [1.807, 2.05) is 73.6 Å². The molecule has 0 N–H and O–H groups in total. The zero-order valence-corrected chi connectivity index (χ0v) is 35.9. The first kappa shape index (κ1) is 59.0. The van der Waals surface area contributed by atoms with Crippen molar-refractivity contribution in [2.75, 3.05) is 0 Å². The lowest BCUT2D eigenvalue weighted by Gasteiger charge is -2.21. The highest BCUT2D eigenvalue weighted by Gasteiger charge is 2.21. The number of hydrogen-bond acceptors (Lipinski definition) is 7. The maximum Gasteiger partial charge on any atom is 0.185 e. The van der Waals surface area contributed by atoms with E-state index in [1.54, 1.807) is 105 Å². The number of rotatable bonds is 8. The van der Waals surface area contributed by atoms with Gasteiger partial charge in [-0.15, -0.1) is 0 Å². The summed E-state index contributed by atoms with van der Waals surface area (Å²) in [6.07, 6.45) is 7.22. The number of hydrogen-bond donors (Lipinski definition) is 0. The average molecular weight is 795 g/mol. The average Bonchev–Trinajstić information content (AvgIpc) is 3.08. The van der Waals surface area contributed by atoms with Gasteiger partial charge in [-0.25, -0.2) is 0 Å². The van der Waals surface area contributed by atoms with E-state index in [0.29, 0.717) is 16.7 Å². The first-order valence-electron chi connectivity index (χ1n) is 18.3. The van der Waals surface area contributed by atoms with Crippen LogP contribution in [0, 0.1) is 10.8 Å². The van der Waals surface area contributed by atoms with Crippen LogP contribution in [0.3, 0.4) is 0 Å². The molecular weight excluding hydrogens is 725 g/mol. The highest BCUT2D eigenvalue weighted by Crippen LogP contribution is 2.26. The molecule has 7 heteroatoms. The zero-order chi connectivity index (χ0) is 43.6. The first-order valence-corrected chi connectivity index (χ1v) is 18.3. The topological polar surface area (TPSA) is 131 Å². The van der Waals surface area contributed by atoms with Gasteiger partial charge in [0.2, 0.25) is 0 Å². The Morgan fingerprint density at radius 3 is 0.948 bits per heavy atom. The zero-order valence-electron chi connectivity index (χ0n) is 35.9. The third-order valence-corrected chi connectivity index (χ3v) is 7.03. The molecule has 0 aliphatic carbocycles. The van der Waals surface area contributed by atoms with Crippen LogP contribution in [-0.4, -0.2) is 28.9 Å². The molecule has 58 heavy (non-hydrogen) atoms. The summed E-state index contributed by atoms with van der Waals surface area (Å²) in [6, 6.07) is 26.2. The standard InChI is InChI=1S/C15H12O2.C12H22O.C10H10O2.2C6H10O.2CH4/c16-14(12-7-3-1-4-8-12)11-15(17)13-9-5-2-6-10-13;1-9(11(2,3)4)8-10(13)12(5,6)7;1-8(11)7-10(12)9-5-3-2-4-6-9;2*1-5(2)4-6(3)7;;/h1-11,16H;8H,1-7H3;2-7,12H,1H3;2*4H,1-3H3;2*1H4/p-2/b14-11-;9-8+;;;;;. The van der Waals surface area contributed by atoms with Crippen molar-refractivity contribution in [2.24, 2.45) is 10.8 Å². The molecule has 0 saturated heterocycles. The van der Waals surface area contributed by atoms with E-state index in [2.05, 4.69) is 20.8 Å². The van der Waals surface area contributed by atoms with E-state index < -0.39 is 0 Å². The van der Waals surface area contributed by atoms with Gasteiger partial charge >= 0.3 is 0 Å². The quantitative estimate of drug-likeness (QED) is 0.126. The third-order valence-electron chi connectivity index (χ3n) is 7.03. The summed E-state index contributed by atoms with van der Waals surface area (Å²) in [5.41, 5.74) is 4.71. The molecule has 0 atom stereocenters. The SMILES string of the molecule is C.C.C/C(=C\C(=O)C(C)(C)C)C(C)(C)C.CC(=O)C=C(C)C.CC(=O)C=C(C)C.CC(=O)C=C([O-])c1ccccc1.O=C(/C=C(\[O-])c1ccccc1)c1ccccc1. The van der Waals surface area contributed by atoms with Crippen molar-refractivity contribution in [1.29, 1.82) is 0 Å². The molecule has 3 aromatic carbocycles. The van der Waals surface area contributed by atoms with Crippen molar-refractivity contribution in [3.8, 4) is 0 Å². The number of allylic oxidation sites excluding steroid dienone is 8. The molecule has 3 rings (SSSR count). The number of carbonyl (C=O) groups excluding carboxylic acids is 5. The van der Waals surface area contributed by atoms with Gasteiger partial charge in [0.05, 0.1) is 0 Å². The molecule has 0 amide bonds. The molecule has 318 valence electrons. The van der Waals surface area contributed by atoms with Crippen LogP contribution in [0.15, 0.2) is 138 Å². The molecule has 0 aliphatic rings. The Morgan fingerprint density at radius 1 is 0.414 bits per heavy atom. The second-order valence-electron chi connectivity index (χ2n) is 15.4. The molecule has 0 saturated carbocycles. The predicted molar refractivity (Wildman–Crippen MR) is 242 cm³/mol. The summed E-state index contributed by atoms with van der Waals surface area (Å²) in [5, 5.41) is 22.9. The summed E-state index contributed by atoms with van der Waals surface area (Å²) in [4.78, 5) is 54.3. The summed E-state index contributed by atoms with van der Waals surface area (Å²) < 4.78 is 0. The van der Waals surface area contributed by atoms with Gasteiger partial charge in [0.15, 0.2) is 28.9 Å². The Morgan fingerprint density at radius 2 is 0.707 bits per heavy atom. The van der Waals surface area contributed by atoms with Crippen LogP contribution in [0.2, 0.25) is 0 Å². The van der Waals surface area contributed by atoms with Gasteiger partial charge in [0.25, 0.3) is 0 Å². The van der Waals surface area contributed by atoms with Crippen molar-refractivity contribution in [1.82, 2.24) is 0 Å². The van der Waals surface area contributed by atoms with E-state index in [1.165, 1.54) is 6.92 Å². The van der Waals surface area contributed by atoms with Crippen LogP contribution >= 0.6 is 0 Å². The van der Waals surface area contributed by atoms with Gasteiger partial charge in [-0.1, -0.05) is 176 Å². The lowest BCUT2D eigenvalue weighted by molar-refractivity contribution is -0.244. The maximum atomic E-state index is 11.8. The Balaban J connectivity index is -0.000000325. The highest BCUT2D eigenvalue weighted by molar-refractivity contribution is 6.07. The van der Waals surface area contributed by atoms with Crippen LogP contribution in [0.1, 0.15) is 133 Å². The summed E-state index contributed by atoms with van der Waals surface area (Å²) >= 11 is 0. The fourth-order valence-corrected chi connectivity index (χ4v) is 3.80. The molecule has 0 heterocycles. The van der Waals surface area contributed by atoms with Crippen LogP contribution in [-0.2, 0) is 19.2 Å². The fraction of sp³-hybridized carbons (Fsp3) is 0.353. The van der Waals surface area contributed by atoms with E-state index in [-0.39, 0.29) is 66.1 Å². The molecule has 0 spiro atoms. The number of benzene rings is 3. The molecule has 0 aromatic heterocycles. The number of carbonyl (C=O) groups is 5. The minimum atomic E-state index is -0.264. The molecular formula is C51H70O7-2. The predicted octanol–water partition coefficient (Wildman–Crippen LogP) is 11.2. The van der Waals surface area contributed by atoms with E-state index >= 15 is 0 Å². The fourth-order valence-electron chi connectivity index (χ4n) is 3.80. The van der Waals surface area contributed by atoms with Crippen molar-refractivity contribution in [3.63, 3.8) is 0 Å². The molecule has 0 fully saturated rings. The highest BCUT2D eigenvalue weighted by atomic mass is 16.3. The molecule has 0 bridgehead atoms. The largest absolute Gasteiger partial charge is 0.872 e. The van der Waals surface area contributed by atoms with Crippen molar-refractivity contribution < 1.29 is 34.2 Å². The van der Waals surface area contributed by atoms with Crippen LogP contribution in [0.4, 0.5) is 0 Å². The Hall–Kier alpha value is -5.69. The Bertz CT molecular complexity index is 1810. The van der Waals surface area contributed by atoms with E-state index in [0.717, 1.165) is 28.9 Å². The minimum Gasteiger partial charge on any atom is -0.872 e. The molecule has 0 radical (unpaired) electrons. The van der Waals surface area contributed by atoms with Crippen LogP contribution in [0.25, 0.3) is 11.5 Å². The van der Waals surface area contributed by atoms with Crippen molar-refractivity contribution in [2.45, 2.75) is 112 Å². The normalized spacial score (nSPS) is 10.8. The lowest BCUT2D eigenvalue weighted by Crippen LogP contribution is -2.19. The van der Waals surface area contributed by atoms with Crippen molar-refractivity contribution >= 4 is 40.4 Å². The second kappa shape index (κ2) is 30.4. The molecule has 7 nitrogen and oxygen atoms in total. The Kier molecular flexibility index (Phi) is 31.0. The smallest absolute Gasteiger partial charge is 0.185 e. The van der Waals surface area contributed by atoms with E-state index in [9.17, 15) is 34.2 Å².